The normalized spacial score (nSPS) is 46.1. The Morgan fingerprint density at radius 1 is 1.70 bits per heavy atom. The number of hydrogen-bond donors (Lipinski definition) is 1. The van der Waals surface area contributed by atoms with Crippen LogP contribution in [0, 0.1) is 0 Å². The topological polar surface area (TPSA) is 52.3 Å². The molecule has 1 saturated carbocycles. The van der Waals surface area contributed by atoms with E-state index in [0.717, 1.165) is 19.3 Å². The highest BCUT2D eigenvalue weighted by Crippen LogP contribution is 2.35. The molecule has 0 spiro atoms. The lowest BCUT2D eigenvalue weighted by atomic mass is 9.94. The lowest BCUT2D eigenvalue weighted by Crippen LogP contribution is -2.49. The van der Waals surface area contributed by atoms with Crippen LogP contribution in [0.25, 0.3) is 0 Å². The van der Waals surface area contributed by atoms with E-state index >= 15 is 0 Å². The number of rotatable bonds is 0. The highest BCUT2D eigenvalue weighted by atomic mass is 16.5. The van der Waals surface area contributed by atoms with Gasteiger partial charge in [-0.15, -0.1) is 0 Å². The maximum atomic E-state index is 11.1. The Balaban J connectivity index is 2.30. The van der Waals surface area contributed by atoms with Gasteiger partial charge in [-0.05, 0) is 19.3 Å². The van der Waals surface area contributed by atoms with E-state index in [1.807, 2.05) is 0 Å². The summed E-state index contributed by atoms with van der Waals surface area (Å²) in [5.74, 6) is 0.0926. The third kappa shape index (κ3) is 0.592. The molecule has 3 heteroatoms. The van der Waals surface area contributed by atoms with E-state index in [1.165, 1.54) is 0 Å². The molecule has 2 rings (SSSR count). The van der Waals surface area contributed by atoms with Crippen LogP contribution >= 0.6 is 0 Å². The summed E-state index contributed by atoms with van der Waals surface area (Å²) in [6.07, 6.45) is 2.84. The summed E-state index contributed by atoms with van der Waals surface area (Å²) < 4.78 is 5.22. The number of ketones is 1. The zero-order chi connectivity index (χ0) is 7.19. The summed E-state index contributed by atoms with van der Waals surface area (Å²) in [6, 6.07) is 0. The quantitative estimate of drug-likeness (QED) is 0.509. The molecular formula is C7H11NO2. The zero-order valence-electron chi connectivity index (χ0n) is 5.80. The average molecular weight is 141 g/mol. The van der Waals surface area contributed by atoms with Crippen molar-refractivity contribution in [3.05, 3.63) is 0 Å². The number of Topliss-reactive ketones (excluding diaryl/α,β-unsaturated/α-hetero) is 1. The van der Waals surface area contributed by atoms with Crippen LogP contribution in [0.3, 0.4) is 0 Å². The van der Waals surface area contributed by atoms with Gasteiger partial charge in [0, 0.05) is 0 Å². The Hall–Kier alpha value is -0.410. The van der Waals surface area contributed by atoms with Gasteiger partial charge in [0.05, 0.1) is 6.10 Å². The van der Waals surface area contributed by atoms with Gasteiger partial charge in [0.2, 0.25) is 0 Å². The maximum absolute atomic E-state index is 11.1. The first kappa shape index (κ1) is 6.31. The van der Waals surface area contributed by atoms with Crippen molar-refractivity contribution in [1.29, 1.82) is 0 Å². The summed E-state index contributed by atoms with van der Waals surface area (Å²) in [5.41, 5.74) is 5.24. The van der Waals surface area contributed by atoms with Gasteiger partial charge in [0.15, 0.2) is 5.78 Å². The van der Waals surface area contributed by atoms with E-state index in [4.69, 9.17) is 10.5 Å². The van der Waals surface area contributed by atoms with Gasteiger partial charge in [-0.3, -0.25) is 4.79 Å². The molecule has 0 radical (unpaired) electrons. The lowest BCUT2D eigenvalue weighted by molar-refractivity contribution is -0.121. The van der Waals surface area contributed by atoms with Crippen LogP contribution in [0.4, 0.5) is 0 Å². The largest absolute Gasteiger partial charge is 0.368 e. The minimum atomic E-state index is -0.597. The van der Waals surface area contributed by atoms with E-state index in [2.05, 4.69) is 0 Å². The summed E-state index contributed by atoms with van der Waals surface area (Å²) >= 11 is 0. The molecule has 0 aromatic heterocycles. The maximum Gasteiger partial charge on any atom is 0.180 e. The van der Waals surface area contributed by atoms with Crippen LogP contribution in [0.5, 0.6) is 0 Å². The van der Waals surface area contributed by atoms with Crippen LogP contribution in [-0.2, 0) is 9.53 Å². The third-order valence-electron chi connectivity index (χ3n) is 2.57. The number of carbonyl (C=O) groups excluding carboxylic acids is 1. The van der Waals surface area contributed by atoms with E-state index in [-0.39, 0.29) is 18.5 Å². The van der Waals surface area contributed by atoms with E-state index in [0.29, 0.717) is 0 Å². The lowest BCUT2D eigenvalue weighted by Gasteiger charge is -2.18. The number of fused-ring (bicyclic) bond motifs is 1. The predicted molar refractivity (Wildman–Crippen MR) is 35.5 cm³/mol. The molecule has 1 aliphatic heterocycles. The van der Waals surface area contributed by atoms with E-state index < -0.39 is 5.54 Å². The smallest absolute Gasteiger partial charge is 0.180 e. The monoisotopic (exact) mass is 141 g/mol. The first-order valence-corrected chi connectivity index (χ1v) is 3.67. The van der Waals surface area contributed by atoms with Gasteiger partial charge in [0.1, 0.15) is 12.1 Å². The fourth-order valence-electron chi connectivity index (χ4n) is 1.86. The minimum absolute atomic E-state index is 0.0278. The van der Waals surface area contributed by atoms with Crippen LogP contribution in [0.2, 0.25) is 0 Å². The predicted octanol–water partition coefficient (Wildman–Crippen LogP) is -0.164. The van der Waals surface area contributed by atoms with Crippen molar-refractivity contribution in [3.63, 3.8) is 0 Å². The molecule has 2 fully saturated rings. The molecule has 56 valence electrons. The van der Waals surface area contributed by atoms with Crippen LogP contribution in [0.15, 0.2) is 0 Å². The minimum Gasteiger partial charge on any atom is -0.368 e. The molecule has 2 N–H and O–H groups in total. The van der Waals surface area contributed by atoms with Gasteiger partial charge >= 0.3 is 0 Å². The second-order valence-corrected chi connectivity index (χ2v) is 3.16. The van der Waals surface area contributed by atoms with Crippen molar-refractivity contribution < 1.29 is 9.53 Å². The fourth-order valence-corrected chi connectivity index (χ4v) is 1.86. The van der Waals surface area contributed by atoms with E-state index in [1.54, 1.807) is 0 Å². The van der Waals surface area contributed by atoms with Crippen LogP contribution < -0.4 is 5.73 Å². The third-order valence-corrected chi connectivity index (χ3v) is 2.57. The highest BCUT2D eigenvalue weighted by molar-refractivity contribution is 5.92. The Bertz CT molecular complexity index is 180. The SMILES string of the molecule is NC12CCCC1OCC2=O. The second-order valence-electron chi connectivity index (χ2n) is 3.16. The molecule has 1 heterocycles. The number of hydrogen-bond acceptors (Lipinski definition) is 3. The van der Waals surface area contributed by atoms with Gasteiger partial charge in [0.25, 0.3) is 0 Å². The summed E-state index contributed by atoms with van der Waals surface area (Å²) in [4.78, 5) is 11.1. The molecule has 2 unspecified atom stereocenters. The summed E-state index contributed by atoms with van der Waals surface area (Å²) in [6.45, 7) is 0.237. The molecular weight excluding hydrogens is 130 g/mol. The number of nitrogens with two attached hydrogens (primary N) is 1. The molecule has 3 nitrogen and oxygen atoms in total. The average Bonchev–Trinajstić information content (AvgIpc) is 2.36. The first-order valence-electron chi connectivity index (χ1n) is 3.67. The van der Waals surface area contributed by atoms with Crippen molar-refractivity contribution in [2.75, 3.05) is 6.61 Å². The van der Waals surface area contributed by atoms with Crippen molar-refractivity contribution in [2.45, 2.75) is 30.9 Å². The molecule has 2 atom stereocenters. The number of ether oxygens (including phenoxy) is 1. The molecule has 1 aliphatic carbocycles. The molecule has 10 heavy (non-hydrogen) atoms. The molecule has 0 aromatic carbocycles. The second kappa shape index (κ2) is 1.80. The van der Waals surface area contributed by atoms with Crippen molar-refractivity contribution in [3.8, 4) is 0 Å². The van der Waals surface area contributed by atoms with Crippen molar-refractivity contribution in [2.24, 2.45) is 5.73 Å². The Morgan fingerprint density at radius 2 is 2.50 bits per heavy atom. The Labute approximate surface area is 59.5 Å². The summed E-state index contributed by atoms with van der Waals surface area (Å²) in [5, 5.41) is 0. The summed E-state index contributed by atoms with van der Waals surface area (Å²) in [7, 11) is 0. The Kier molecular flexibility index (Phi) is 1.13. The van der Waals surface area contributed by atoms with Crippen LogP contribution in [0.1, 0.15) is 19.3 Å². The fraction of sp³-hybridized carbons (Fsp3) is 0.857. The van der Waals surface area contributed by atoms with Crippen molar-refractivity contribution in [1.82, 2.24) is 0 Å². The highest BCUT2D eigenvalue weighted by Gasteiger charge is 2.50. The number of carbonyl (C=O) groups is 1. The van der Waals surface area contributed by atoms with Gasteiger partial charge in [-0.25, -0.2) is 0 Å². The van der Waals surface area contributed by atoms with Crippen molar-refractivity contribution >= 4 is 5.78 Å². The molecule has 2 aliphatic rings. The van der Waals surface area contributed by atoms with Gasteiger partial charge < -0.3 is 10.5 Å². The molecule has 0 amide bonds. The van der Waals surface area contributed by atoms with Gasteiger partial charge in [-0.1, -0.05) is 0 Å². The standard InChI is InChI=1S/C7H11NO2/c8-7-3-1-2-6(7)10-4-5(7)9/h6H,1-4,8H2. The Morgan fingerprint density at radius 3 is 3.20 bits per heavy atom. The van der Waals surface area contributed by atoms with E-state index in [9.17, 15) is 4.79 Å². The molecule has 1 saturated heterocycles. The zero-order valence-corrected chi connectivity index (χ0v) is 5.80. The molecule has 0 bridgehead atoms. The molecule has 0 aromatic rings. The first-order chi connectivity index (χ1) is 4.73. The van der Waals surface area contributed by atoms with Crippen LogP contribution in [-0.4, -0.2) is 24.0 Å². The van der Waals surface area contributed by atoms with Gasteiger partial charge in [-0.2, -0.15) is 0 Å².